The number of hydrogen-bond donors (Lipinski definition) is 1. The molecule has 7 nitrogen and oxygen atoms in total. The Labute approximate surface area is 203 Å². The average Bonchev–Trinajstić information content (AvgIpc) is 3.05. The van der Waals surface area contributed by atoms with E-state index in [-0.39, 0.29) is 18.1 Å². The highest BCUT2D eigenvalue weighted by atomic mass is 35.5. The van der Waals surface area contributed by atoms with Crippen LogP contribution in [0.2, 0.25) is 0 Å². The molecule has 0 aliphatic rings. The Morgan fingerprint density at radius 1 is 0.970 bits per heavy atom. The van der Waals surface area contributed by atoms with E-state index in [1.54, 1.807) is 47.4 Å². The lowest BCUT2D eigenvalue weighted by molar-refractivity contribution is 0.306. The number of benzene rings is 2. The summed E-state index contributed by atoms with van der Waals surface area (Å²) in [4.78, 5) is 20.5. The van der Waals surface area contributed by atoms with Crippen LogP contribution in [-0.4, -0.2) is 31.4 Å². The van der Waals surface area contributed by atoms with Crippen LogP contribution in [0.4, 0.5) is 0 Å². The van der Waals surface area contributed by atoms with Gasteiger partial charge in [0.15, 0.2) is 5.16 Å². The van der Waals surface area contributed by atoms with Gasteiger partial charge in [0.05, 0.1) is 11.0 Å². The molecule has 4 aromatic rings. The van der Waals surface area contributed by atoms with Gasteiger partial charge in [0.1, 0.15) is 12.4 Å². The van der Waals surface area contributed by atoms with Gasteiger partial charge >= 0.3 is 5.69 Å². The van der Waals surface area contributed by atoms with Crippen LogP contribution in [0.5, 0.6) is 5.75 Å². The number of imidazole rings is 1. The molecule has 2 aromatic carbocycles. The lowest BCUT2D eigenvalue weighted by atomic mass is 10.2. The molecule has 0 aliphatic carbocycles. The van der Waals surface area contributed by atoms with Crippen molar-refractivity contribution in [1.82, 2.24) is 24.4 Å². The Morgan fingerprint density at radius 2 is 1.67 bits per heavy atom. The summed E-state index contributed by atoms with van der Waals surface area (Å²) in [6.45, 7) is 2.23. The first-order valence-corrected chi connectivity index (χ1v) is 11.6. The van der Waals surface area contributed by atoms with Gasteiger partial charge in [0, 0.05) is 38.8 Å². The van der Waals surface area contributed by atoms with E-state index in [1.165, 1.54) is 5.56 Å². The molecule has 0 bridgehead atoms. The van der Waals surface area contributed by atoms with Crippen molar-refractivity contribution in [3.8, 4) is 5.75 Å². The molecule has 0 unspecified atom stereocenters. The summed E-state index contributed by atoms with van der Waals surface area (Å²) in [7, 11) is 3.58. The Hall–Kier alpha value is -2.81. The first-order valence-electron chi connectivity index (χ1n) is 10.6. The van der Waals surface area contributed by atoms with Crippen LogP contribution < -0.4 is 15.7 Å². The third-order valence-corrected chi connectivity index (χ3v) is 6.23. The molecule has 0 radical (unpaired) electrons. The smallest absolute Gasteiger partial charge is 0.328 e. The summed E-state index contributed by atoms with van der Waals surface area (Å²) < 4.78 is 9.26. The quantitative estimate of drug-likeness (QED) is 0.208. The molecule has 0 atom stereocenters. The van der Waals surface area contributed by atoms with Crippen molar-refractivity contribution >= 4 is 35.2 Å². The molecule has 174 valence electrons. The summed E-state index contributed by atoms with van der Waals surface area (Å²) in [5, 5.41) is 4.30. The molecule has 0 spiro atoms. The third kappa shape index (κ3) is 6.37. The van der Waals surface area contributed by atoms with Gasteiger partial charge < -0.3 is 10.1 Å². The predicted molar refractivity (Wildman–Crippen MR) is 135 cm³/mol. The fourth-order valence-electron chi connectivity index (χ4n) is 3.47. The fourth-order valence-corrected chi connectivity index (χ4v) is 4.21. The van der Waals surface area contributed by atoms with Crippen molar-refractivity contribution in [2.24, 2.45) is 14.1 Å². The van der Waals surface area contributed by atoms with Gasteiger partial charge in [-0.15, -0.1) is 12.4 Å². The Bertz CT molecular complexity index is 1230. The number of nitrogens with one attached hydrogen (secondary N) is 1. The van der Waals surface area contributed by atoms with Crippen molar-refractivity contribution in [2.45, 2.75) is 24.7 Å². The number of hydrogen-bond acceptors (Lipinski definition) is 6. The molecule has 1 N–H and O–H groups in total. The maximum absolute atomic E-state index is 12.1. The molecule has 0 fully saturated rings. The van der Waals surface area contributed by atoms with E-state index in [1.807, 2.05) is 36.4 Å². The molecule has 9 heteroatoms. The molecule has 2 heterocycles. The average molecular weight is 486 g/mol. The zero-order valence-corrected chi connectivity index (χ0v) is 20.4. The summed E-state index contributed by atoms with van der Waals surface area (Å²) in [5.74, 6) is 1.82. The number of nitrogens with zero attached hydrogens (tertiary/aromatic N) is 4. The van der Waals surface area contributed by atoms with E-state index in [0.29, 0.717) is 6.61 Å². The predicted octanol–water partition coefficient (Wildman–Crippen LogP) is 3.94. The molecular formula is C24H28ClN5O2S. The number of halogens is 1. The van der Waals surface area contributed by atoms with E-state index in [0.717, 1.165) is 52.8 Å². The molecule has 2 aromatic heterocycles. The number of ether oxygens (including phenoxy) is 1. The minimum atomic E-state index is -0.0220. The summed E-state index contributed by atoms with van der Waals surface area (Å²) in [6.07, 6.45) is 4.60. The van der Waals surface area contributed by atoms with Crippen LogP contribution in [0.1, 0.15) is 17.5 Å². The first kappa shape index (κ1) is 24.8. The van der Waals surface area contributed by atoms with Crippen LogP contribution in [0.15, 0.2) is 70.9 Å². The number of aryl methyl sites for hydroxylation is 2. The van der Waals surface area contributed by atoms with E-state index in [2.05, 4.69) is 27.4 Å². The Morgan fingerprint density at radius 3 is 2.42 bits per heavy atom. The van der Waals surface area contributed by atoms with Crippen molar-refractivity contribution < 1.29 is 4.74 Å². The second-order valence-corrected chi connectivity index (χ2v) is 8.63. The number of thioether (sulfide) groups is 1. The zero-order chi connectivity index (χ0) is 22.3. The summed E-state index contributed by atoms with van der Waals surface area (Å²) in [5.41, 5.74) is 4.06. The summed E-state index contributed by atoms with van der Waals surface area (Å²) in [6, 6.07) is 16.0. The highest BCUT2D eigenvalue weighted by molar-refractivity contribution is 7.99. The van der Waals surface area contributed by atoms with Crippen molar-refractivity contribution in [3.05, 3.63) is 82.5 Å². The molecule has 0 amide bonds. The topological polar surface area (TPSA) is 74.0 Å². The van der Waals surface area contributed by atoms with E-state index in [4.69, 9.17) is 4.74 Å². The molecule has 0 aliphatic heterocycles. The second kappa shape index (κ2) is 11.9. The van der Waals surface area contributed by atoms with Gasteiger partial charge in [-0.3, -0.25) is 9.13 Å². The standard InChI is InChI=1S/C24H27N5O2S.ClH/c1-28-21-10-7-19(15-22(21)29(2)24(28)30)17-31-20-8-5-18(6-9-20)16-25-11-4-14-32-23-26-12-3-13-27-23;/h3,5-10,12-13,15,25H,4,11,14,16-17H2,1-2H3;1H. The highest BCUT2D eigenvalue weighted by Gasteiger charge is 2.08. The van der Waals surface area contributed by atoms with Crippen molar-refractivity contribution in [1.29, 1.82) is 0 Å². The highest BCUT2D eigenvalue weighted by Crippen LogP contribution is 2.18. The fraction of sp³-hybridized carbons (Fsp3) is 0.292. The van der Waals surface area contributed by atoms with Gasteiger partial charge in [-0.25, -0.2) is 14.8 Å². The van der Waals surface area contributed by atoms with Crippen LogP contribution in [0.3, 0.4) is 0 Å². The minimum Gasteiger partial charge on any atom is -0.489 e. The van der Waals surface area contributed by atoms with Gasteiger partial charge in [-0.2, -0.15) is 0 Å². The van der Waals surface area contributed by atoms with E-state index >= 15 is 0 Å². The van der Waals surface area contributed by atoms with Gasteiger partial charge in [0.2, 0.25) is 0 Å². The molecule has 0 saturated heterocycles. The number of aromatic nitrogens is 4. The largest absolute Gasteiger partial charge is 0.489 e. The van der Waals surface area contributed by atoms with Crippen LogP contribution in [0, 0.1) is 0 Å². The number of rotatable bonds is 10. The Kier molecular flexibility index (Phi) is 8.94. The van der Waals surface area contributed by atoms with E-state index in [9.17, 15) is 4.79 Å². The third-order valence-electron chi connectivity index (χ3n) is 5.27. The SMILES string of the molecule is Cl.Cn1c(=O)n(C)c2cc(COc3ccc(CNCCCSc4ncccn4)cc3)ccc21. The molecule has 33 heavy (non-hydrogen) atoms. The van der Waals surface area contributed by atoms with Crippen molar-refractivity contribution in [3.63, 3.8) is 0 Å². The molecule has 4 rings (SSSR count). The minimum absolute atomic E-state index is 0. The zero-order valence-electron chi connectivity index (χ0n) is 18.7. The molecular weight excluding hydrogens is 458 g/mol. The second-order valence-electron chi connectivity index (χ2n) is 7.57. The van der Waals surface area contributed by atoms with Gasteiger partial charge in [0.25, 0.3) is 0 Å². The maximum atomic E-state index is 12.1. The monoisotopic (exact) mass is 485 g/mol. The normalized spacial score (nSPS) is 10.8. The van der Waals surface area contributed by atoms with Gasteiger partial charge in [-0.1, -0.05) is 30.0 Å². The lowest BCUT2D eigenvalue weighted by Gasteiger charge is -2.09. The first-order chi connectivity index (χ1) is 15.6. The lowest BCUT2D eigenvalue weighted by Crippen LogP contribution is -2.19. The van der Waals surface area contributed by atoms with E-state index < -0.39 is 0 Å². The maximum Gasteiger partial charge on any atom is 0.328 e. The molecule has 0 saturated carbocycles. The number of fused-ring (bicyclic) bond motifs is 1. The van der Waals surface area contributed by atoms with Crippen molar-refractivity contribution in [2.75, 3.05) is 12.3 Å². The summed E-state index contributed by atoms with van der Waals surface area (Å²) >= 11 is 1.68. The van der Waals surface area contributed by atoms with Crippen LogP contribution in [0.25, 0.3) is 11.0 Å². The van der Waals surface area contributed by atoms with Crippen LogP contribution >= 0.6 is 24.2 Å². The van der Waals surface area contributed by atoms with Gasteiger partial charge in [-0.05, 0) is 54.4 Å². The Balaban J connectivity index is 0.00000306. The van der Waals surface area contributed by atoms with Crippen LogP contribution in [-0.2, 0) is 27.2 Å².